The monoisotopic (exact) mass is 263 g/mol. The van der Waals surface area contributed by atoms with Crippen molar-refractivity contribution in [2.24, 2.45) is 0 Å². The van der Waals surface area contributed by atoms with Gasteiger partial charge in [-0.15, -0.1) is 0 Å². The summed E-state index contributed by atoms with van der Waals surface area (Å²) in [6.45, 7) is 11.1. The van der Waals surface area contributed by atoms with E-state index < -0.39 is 0 Å². The zero-order valence-electron chi connectivity index (χ0n) is 12.7. The van der Waals surface area contributed by atoms with Crippen molar-refractivity contribution in [1.29, 1.82) is 0 Å². The number of morpholine rings is 1. The predicted molar refractivity (Wildman–Crippen MR) is 78.5 cm³/mol. The molecule has 19 heavy (non-hydrogen) atoms. The largest absolute Gasteiger partial charge is 0.366 e. The highest BCUT2D eigenvalue weighted by Gasteiger charge is 2.38. The highest BCUT2D eigenvalue weighted by atomic mass is 16.5. The Balaban J connectivity index is 2.23. The van der Waals surface area contributed by atoms with E-state index >= 15 is 0 Å². The van der Waals surface area contributed by atoms with Crippen LogP contribution in [0.5, 0.6) is 0 Å². The average molecular weight is 263 g/mol. The lowest BCUT2D eigenvalue weighted by molar-refractivity contribution is -0.133. The lowest BCUT2D eigenvalue weighted by Gasteiger charge is -2.47. The second kappa shape index (κ2) is 5.10. The van der Waals surface area contributed by atoms with Gasteiger partial charge in [0.15, 0.2) is 0 Å². The van der Waals surface area contributed by atoms with E-state index in [4.69, 9.17) is 9.72 Å². The van der Waals surface area contributed by atoms with Crippen molar-refractivity contribution < 1.29 is 4.74 Å². The fourth-order valence-corrected chi connectivity index (χ4v) is 2.87. The minimum Gasteiger partial charge on any atom is -0.366 e. The third kappa shape index (κ3) is 3.67. The predicted octanol–water partition coefficient (Wildman–Crippen LogP) is 2.19. The van der Waals surface area contributed by atoms with Crippen LogP contribution in [0.1, 0.15) is 33.4 Å². The van der Waals surface area contributed by atoms with Gasteiger partial charge in [0.2, 0.25) is 0 Å². The normalized spacial score (nSPS) is 21.4. The number of rotatable bonds is 3. The highest BCUT2D eigenvalue weighted by molar-refractivity contribution is 5.41. The van der Waals surface area contributed by atoms with E-state index in [9.17, 15) is 0 Å². The molecular formula is C15H25N3O. The van der Waals surface area contributed by atoms with Crippen molar-refractivity contribution >= 4 is 5.82 Å². The molecule has 1 aromatic heterocycles. The summed E-state index contributed by atoms with van der Waals surface area (Å²) in [6.07, 6.45) is 0. The van der Waals surface area contributed by atoms with Crippen molar-refractivity contribution in [3.63, 3.8) is 0 Å². The quantitative estimate of drug-likeness (QED) is 0.907. The SMILES string of the molecule is CNCc1cccc(N2CC(C)(C)OC(C)(C)C2)n1. The Morgan fingerprint density at radius 1 is 1.21 bits per heavy atom. The lowest BCUT2D eigenvalue weighted by Crippen LogP contribution is -2.57. The Bertz CT molecular complexity index is 427. The van der Waals surface area contributed by atoms with Crippen LogP contribution in [0.4, 0.5) is 5.82 Å². The molecule has 0 atom stereocenters. The minimum absolute atomic E-state index is 0.150. The number of hydrogen-bond donors (Lipinski definition) is 1. The third-order valence-corrected chi connectivity index (χ3v) is 3.17. The van der Waals surface area contributed by atoms with E-state index in [-0.39, 0.29) is 11.2 Å². The highest BCUT2D eigenvalue weighted by Crippen LogP contribution is 2.30. The molecule has 0 aromatic carbocycles. The summed E-state index contributed by atoms with van der Waals surface area (Å²) in [7, 11) is 1.94. The van der Waals surface area contributed by atoms with Gasteiger partial charge in [-0.3, -0.25) is 0 Å². The molecule has 1 aliphatic heterocycles. The van der Waals surface area contributed by atoms with Gasteiger partial charge in [0.05, 0.1) is 16.9 Å². The van der Waals surface area contributed by atoms with Crippen LogP contribution in [-0.4, -0.2) is 36.3 Å². The molecule has 0 aliphatic carbocycles. The number of pyridine rings is 1. The number of ether oxygens (including phenoxy) is 1. The molecule has 0 saturated carbocycles. The first-order valence-corrected chi connectivity index (χ1v) is 6.87. The van der Waals surface area contributed by atoms with Crippen molar-refractivity contribution in [3.05, 3.63) is 23.9 Å². The van der Waals surface area contributed by atoms with Crippen LogP contribution in [-0.2, 0) is 11.3 Å². The first-order valence-electron chi connectivity index (χ1n) is 6.87. The number of anilines is 1. The molecule has 0 spiro atoms. The molecule has 1 saturated heterocycles. The lowest BCUT2D eigenvalue weighted by atomic mass is 9.99. The summed E-state index contributed by atoms with van der Waals surface area (Å²) < 4.78 is 6.11. The van der Waals surface area contributed by atoms with Gasteiger partial charge in [-0.1, -0.05) is 6.07 Å². The van der Waals surface area contributed by atoms with E-state index in [1.807, 2.05) is 7.05 Å². The zero-order chi connectivity index (χ0) is 14.1. The van der Waals surface area contributed by atoms with Crippen molar-refractivity contribution in [1.82, 2.24) is 10.3 Å². The molecule has 4 nitrogen and oxygen atoms in total. The van der Waals surface area contributed by atoms with Crippen LogP contribution in [0.2, 0.25) is 0 Å². The molecule has 0 unspecified atom stereocenters. The second-order valence-corrected chi connectivity index (χ2v) is 6.49. The number of nitrogens with one attached hydrogen (secondary N) is 1. The van der Waals surface area contributed by atoms with Crippen LogP contribution in [0.25, 0.3) is 0 Å². The van der Waals surface area contributed by atoms with Gasteiger partial charge < -0.3 is 15.0 Å². The molecule has 1 aliphatic rings. The Hall–Kier alpha value is -1.13. The standard InChI is InChI=1S/C15H25N3O/c1-14(2)10-18(11-15(3,4)19-14)13-8-6-7-12(17-13)9-16-5/h6-8,16H,9-11H2,1-5H3. The van der Waals surface area contributed by atoms with E-state index in [2.05, 4.69) is 56.1 Å². The summed E-state index contributed by atoms with van der Waals surface area (Å²) in [6, 6.07) is 6.21. The zero-order valence-corrected chi connectivity index (χ0v) is 12.7. The molecule has 4 heteroatoms. The van der Waals surface area contributed by atoms with E-state index in [0.717, 1.165) is 31.1 Å². The van der Waals surface area contributed by atoms with Gasteiger partial charge >= 0.3 is 0 Å². The number of hydrogen-bond acceptors (Lipinski definition) is 4. The number of aromatic nitrogens is 1. The molecule has 2 heterocycles. The smallest absolute Gasteiger partial charge is 0.129 e. The molecule has 0 bridgehead atoms. The topological polar surface area (TPSA) is 37.4 Å². The molecule has 1 N–H and O–H groups in total. The molecule has 1 aromatic rings. The van der Waals surface area contributed by atoms with Gasteiger partial charge in [0, 0.05) is 19.6 Å². The Kier molecular flexibility index (Phi) is 3.83. The third-order valence-electron chi connectivity index (χ3n) is 3.17. The van der Waals surface area contributed by atoms with E-state index in [1.165, 1.54) is 0 Å². The Morgan fingerprint density at radius 3 is 2.42 bits per heavy atom. The van der Waals surface area contributed by atoms with Gasteiger partial charge in [0.25, 0.3) is 0 Å². The fraction of sp³-hybridized carbons (Fsp3) is 0.667. The fourth-order valence-electron chi connectivity index (χ4n) is 2.87. The van der Waals surface area contributed by atoms with Gasteiger partial charge in [-0.05, 0) is 46.9 Å². The maximum absolute atomic E-state index is 6.11. The molecule has 2 rings (SSSR count). The first-order chi connectivity index (χ1) is 8.81. The molecule has 0 amide bonds. The van der Waals surface area contributed by atoms with Crippen LogP contribution in [0.15, 0.2) is 18.2 Å². The van der Waals surface area contributed by atoms with Crippen molar-refractivity contribution in [2.45, 2.75) is 45.4 Å². The van der Waals surface area contributed by atoms with Crippen molar-refractivity contribution in [2.75, 3.05) is 25.0 Å². The summed E-state index contributed by atoms with van der Waals surface area (Å²) in [5.41, 5.74) is 0.771. The van der Waals surface area contributed by atoms with Crippen LogP contribution < -0.4 is 10.2 Å². The Morgan fingerprint density at radius 2 is 1.84 bits per heavy atom. The van der Waals surface area contributed by atoms with E-state index in [0.29, 0.717) is 0 Å². The average Bonchev–Trinajstić information content (AvgIpc) is 2.25. The second-order valence-electron chi connectivity index (χ2n) is 6.49. The molecular weight excluding hydrogens is 238 g/mol. The summed E-state index contributed by atoms with van der Waals surface area (Å²) in [5, 5.41) is 3.14. The minimum atomic E-state index is -0.150. The van der Waals surface area contributed by atoms with Gasteiger partial charge in [0.1, 0.15) is 5.82 Å². The van der Waals surface area contributed by atoms with Crippen LogP contribution in [0.3, 0.4) is 0 Å². The summed E-state index contributed by atoms with van der Waals surface area (Å²) in [4.78, 5) is 7.05. The summed E-state index contributed by atoms with van der Waals surface area (Å²) in [5.74, 6) is 1.04. The summed E-state index contributed by atoms with van der Waals surface area (Å²) >= 11 is 0. The molecule has 1 fully saturated rings. The first kappa shape index (κ1) is 14.3. The van der Waals surface area contributed by atoms with Crippen molar-refractivity contribution in [3.8, 4) is 0 Å². The van der Waals surface area contributed by atoms with Crippen LogP contribution in [0, 0.1) is 0 Å². The molecule has 0 radical (unpaired) electrons. The number of nitrogens with zero attached hydrogens (tertiary/aromatic N) is 2. The maximum atomic E-state index is 6.11. The van der Waals surface area contributed by atoms with Crippen LogP contribution >= 0.6 is 0 Å². The Labute approximate surface area is 116 Å². The van der Waals surface area contributed by atoms with Gasteiger partial charge in [-0.2, -0.15) is 0 Å². The van der Waals surface area contributed by atoms with E-state index in [1.54, 1.807) is 0 Å². The maximum Gasteiger partial charge on any atom is 0.129 e. The van der Waals surface area contributed by atoms with Gasteiger partial charge in [-0.25, -0.2) is 4.98 Å². The molecule has 106 valence electrons.